The lowest BCUT2D eigenvalue weighted by molar-refractivity contribution is -0.143. The third-order valence-corrected chi connectivity index (χ3v) is 4.95. The molecule has 11 heteroatoms. The van der Waals surface area contributed by atoms with Gasteiger partial charge in [-0.25, -0.2) is 9.78 Å². The van der Waals surface area contributed by atoms with Gasteiger partial charge >= 0.3 is 18.3 Å². The van der Waals surface area contributed by atoms with E-state index in [1.54, 1.807) is 19.1 Å². The molecule has 0 spiro atoms. The van der Waals surface area contributed by atoms with Gasteiger partial charge in [0, 0.05) is 29.9 Å². The van der Waals surface area contributed by atoms with Crippen LogP contribution in [0.2, 0.25) is 0 Å². The van der Waals surface area contributed by atoms with Crippen LogP contribution in [0.15, 0.2) is 48.8 Å². The van der Waals surface area contributed by atoms with E-state index in [2.05, 4.69) is 11.6 Å². The molecular formula is C24H17F6N3O2. The maximum atomic E-state index is 13.3. The van der Waals surface area contributed by atoms with Gasteiger partial charge in [-0.3, -0.25) is 0 Å². The predicted molar refractivity (Wildman–Crippen MR) is 116 cm³/mol. The van der Waals surface area contributed by atoms with Gasteiger partial charge in [0.1, 0.15) is 17.3 Å². The van der Waals surface area contributed by atoms with Crippen molar-refractivity contribution in [3.8, 4) is 6.07 Å². The highest BCUT2D eigenvalue weighted by Crippen LogP contribution is 2.37. The van der Waals surface area contributed by atoms with Crippen LogP contribution in [0.3, 0.4) is 0 Å². The van der Waals surface area contributed by atoms with Crippen molar-refractivity contribution >= 4 is 29.2 Å². The minimum atomic E-state index is -4.99. The third-order valence-electron chi connectivity index (χ3n) is 4.95. The molecule has 0 atom stereocenters. The summed E-state index contributed by atoms with van der Waals surface area (Å²) in [5.74, 6) is -0.882. The second-order valence-corrected chi connectivity index (χ2v) is 7.32. The molecule has 0 saturated heterocycles. The fourth-order valence-corrected chi connectivity index (χ4v) is 3.48. The first-order valence-corrected chi connectivity index (χ1v) is 10.1. The van der Waals surface area contributed by atoms with Crippen LogP contribution in [-0.2, 0) is 28.4 Å². The molecule has 35 heavy (non-hydrogen) atoms. The van der Waals surface area contributed by atoms with Crippen molar-refractivity contribution in [2.75, 3.05) is 6.61 Å². The van der Waals surface area contributed by atoms with Crippen LogP contribution in [-0.4, -0.2) is 22.1 Å². The van der Waals surface area contributed by atoms with Gasteiger partial charge < -0.3 is 9.30 Å². The zero-order valence-corrected chi connectivity index (χ0v) is 18.2. The Morgan fingerprint density at radius 2 is 1.77 bits per heavy atom. The second-order valence-electron chi connectivity index (χ2n) is 7.32. The monoisotopic (exact) mass is 493 g/mol. The van der Waals surface area contributed by atoms with Crippen molar-refractivity contribution in [3.05, 3.63) is 76.6 Å². The number of hydrogen-bond donors (Lipinski definition) is 0. The number of esters is 1. The van der Waals surface area contributed by atoms with Gasteiger partial charge in [0.15, 0.2) is 0 Å². The average molecular weight is 493 g/mol. The molecule has 3 aromatic rings. The molecule has 0 radical (unpaired) electrons. The Kier molecular flexibility index (Phi) is 7.05. The van der Waals surface area contributed by atoms with E-state index in [1.807, 2.05) is 0 Å². The molecule has 0 bridgehead atoms. The molecule has 0 aliphatic carbocycles. The number of ether oxygens (including phenoxy) is 1. The number of halogens is 6. The molecule has 0 N–H and O–H groups in total. The van der Waals surface area contributed by atoms with Crippen LogP contribution in [0.1, 0.15) is 34.7 Å². The first-order valence-electron chi connectivity index (χ1n) is 10.1. The van der Waals surface area contributed by atoms with Gasteiger partial charge in [-0.1, -0.05) is 12.7 Å². The van der Waals surface area contributed by atoms with Crippen molar-refractivity contribution in [1.82, 2.24) is 9.55 Å². The molecule has 0 saturated carbocycles. The summed E-state index contributed by atoms with van der Waals surface area (Å²) in [5.41, 5.74) is -2.46. The largest absolute Gasteiger partial charge is 0.462 e. The van der Waals surface area contributed by atoms with Crippen molar-refractivity contribution < 1.29 is 35.9 Å². The van der Waals surface area contributed by atoms with Crippen molar-refractivity contribution in [3.63, 3.8) is 0 Å². The van der Waals surface area contributed by atoms with Gasteiger partial charge in [0.25, 0.3) is 0 Å². The Bertz CT molecular complexity index is 1330. The van der Waals surface area contributed by atoms with E-state index in [-0.39, 0.29) is 35.0 Å². The summed E-state index contributed by atoms with van der Waals surface area (Å²) < 4.78 is 85.8. The van der Waals surface area contributed by atoms with E-state index in [4.69, 9.17) is 4.74 Å². The first kappa shape index (κ1) is 25.6. The first-order chi connectivity index (χ1) is 16.4. The topological polar surface area (TPSA) is 67.9 Å². The maximum absolute atomic E-state index is 13.3. The van der Waals surface area contributed by atoms with Gasteiger partial charge in [-0.2, -0.15) is 31.6 Å². The molecule has 0 aliphatic heterocycles. The molecular weight excluding hydrogens is 476 g/mol. The standard InChI is InChI=1S/C24H17F6N3O2/c1-3-15-5-6-32-21-20(15)17(9-16(11-31)22(34)35-4-2)13-33(21)12-14-7-18(23(25,26)27)10-19(8-14)24(28,29)30/h3,5-10,13H,1,4,12H2,2H3/b16-9+. The number of carbonyl (C=O) groups excluding carboxylic acids is 1. The molecule has 182 valence electrons. The molecule has 0 unspecified atom stereocenters. The Labute approximate surface area is 195 Å². The summed E-state index contributed by atoms with van der Waals surface area (Å²) in [6.07, 6.45) is -4.51. The smallest absolute Gasteiger partial charge is 0.416 e. The normalized spacial score (nSPS) is 12.5. The number of nitrogens with zero attached hydrogens (tertiary/aromatic N) is 3. The fourth-order valence-electron chi connectivity index (χ4n) is 3.48. The van der Waals surface area contributed by atoms with E-state index < -0.39 is 36.0 Å². The van der Waals surface area contributed by atoms with E-state index in [9.17, 15) is 36.4 Å². The lowest BCUT2D eigenvalue weighted by Crippen LogP contribution is -2.12. The van der Waals surface area contributed by atoms with Crippen LogP contribution in [0.4, 0.5) is 26.3 Å². The summed E-state index contributed by atoms with van der Waals surface area (Å²) in [4.78, 5) is 16.3. The number of fused-ring (bicyclic) bond motifs is 1. The van der Waals surface area contributed by atoms with Crippen molar-refractivity contribution in [2.24, 2.45) is 0 Å². The zero-order chi connectivity index (χ0) is 26.0. The Morgan fingerprint density at radius 3 is 2.29 bits per heavy atom. The highest BCUT2D eigenvalue weighted by atomic mass is 19.4. The van der Waals surface area contributed by atoms with Crippen LogP contribution >= 0.6 is 0 Å². The van der Waals surface area contributed by atoms with Gasteiger partial charge in [0.05, 0.1) is 17.7 Å². The van der Waals surface area contributed by atoms with Crippen LogP contribution < -0.4 is 0 Å². The highest BCUT2D eigenvalue weighted by molar-refractivity contribution is 6.02. The molecule has 3 rings (SSSR count). The fraction of sp³-hybridized carbons (Fsp3) is 0.208. The summed E-state index contributed by atoms with van der Waals surface area (Å²) in [6, 6.07) is 4.63. The Morgan fingerprint density at radius 1 is 1.14 bits per heavy atom. The molecule has 0 aliphatic rings. The predicted octanol–water partition coefficient (Wildman–Crippen LogP) is 6.24. The van der Waals surface area contributed by atoms with Crippen LogP contribution in [0.25, 0.3) is 23.2 Å². The summed E-state index contributed by atoms with van der Waals surface area (Å²) >= 11 is 0. The number of rotatable bonds is 6. The number of pyridine rings is 1. The number of hydrogen-bond acceptors (Lipinski definition) is 4. The SMILES string of the molecule is C=Cc1ccnc2c1c(/C=C(\C#N)C(=O)OCC)cn2Cc1cc(C(F)(F)F)cc(C(F)(F)F)c1. The molecule has 0 amide bonds. The molecule has 5 nitrogen and oxygen atoms in total. The van der Waals surface area contributed by atoms with Gasteiger partial charge in [0.2, 0.25) is 0 Å². The molecule has 2 heterocycles. The van der Waals surface area contributed by atoms with E-state index in [0.717, 1.165) is 0 Å². The van der Waals surface area contributed by atoms with Crippen LogP contribution in [0, 0.1) is 11.3 Å². The molecule has 0 fully saturated rings. The van der Waals surface area contributed by atoms with Crippen LogP contribution in [0.5, 0.6) is 0 Å². The lowest BCUT2D eigenvalue weighted by atomic mass is 10.0. The van der Waals surface area contributed by atoms with Crippen molar-refractivity contribution in [2.45, 2.75) is 25.8 Å². The Balaban J connectivity index is 2.21. The van der Waals surface area contributed by atoms with Crippen molar-refractivity contribution in [1.29, 1.82) is 5.26 Å². The maximum Gasteiger partial charge on any atom is 0.416 e. The number of nitriles is 1. The second kappa shape index (κ2) is 9.66. The number of alkyl halides is 6. The van der Waals surface area contributed by atoms with E-state index >= 15 is 0 Å². The lowest BCUT2D eigenvalue weighted by Gasteiger charge is -2.15. The molecule has 2 aromatic heterocycles. The summed E-state index contributed by atoms with van der Waals surface area (Å²) in [6.45, 7) is 4.88. The number of aromatic nitrogens is 2. The highest BCUT2D eigenvalue weighted by Gasteiger charge is 2.37. The molecule has 1 aromatic carbocycles. The average Bonchev–Trinajstić information content (AvgIpc) is 3.13. The number of benzene rings is 1. The Hall–Kier alpha value is -4.07. The summed E-state index contributed by atoms with van der Waals surface area (Å²) in [7, 11) is 0. The minimum Gasteiger partial charge on any atom is -0.462 e. The van der Waals surface area contributed by atoms with Gasteiger partial charge in [-0.15, -0.1) is 0 Å². The third kappa shape index (κ3) is 5.54. The zero-order valence-electron chi connectivity index (χ0n) is 18.2. The quantitative estimate of drug-likeness (QED) is 0.177. The summed E-state index contributed by atoms with van der Waals surface area (Å²) in [5, 5.41) is 9.77. The number of carbonyl (C=O) groups is 1. The van der Waals surface area contributed by atoms with Gasteiger partial charge in [-0.05, 0) is 48.4 Å². The minimum absolute atomic E-state index is 0.0240. The van der Waals surface area contributed by atoms with E-state index in [0.29, 0.717) is 23.1 Å². The van der Waals surface area contributed by atoms with E-state index in [1.165, 1.54) is 29.1 Å².